The van der Waals surface area contributed by atoms with Crippen molar-refractivity contribution in [1.82, 2.24) is 0 Å². The van der Waals surface area contributed by atoms with Gasteiger partial charge in [0, 0.05) is 18.4 Å². The first-order valence-corrected chi connectivity index (χ1v) is 6.39. The average Bonchev–Trinajstić information content (AvgIpc) is 2.49. The Kier molecular flexibility index (Phi) is 6.05. The van der Waals surface area contributed by atoms with E-state index in [0.29, 0.717) is 0 Å². The lowest BCUT2D eigenvalue weighted by atomic mass is 10.1. The van der Waals surface area contributed by atoms with Gasteiger partial charge in [-0.2, -0.15) is 0 Å². The molecule has 0 aliphatic rings. The molecule has 0 amide bonds. The maximum absolute atomic E-state index is 4.06. The van der Waals surface area contributed by atoms with Crippen molar-refractivity contribution in [3.8, 4) is 0 Å². The molecule has 1 aromatic rings. The Morgan fingerprint density at radius 1 is 0.950 bits per heavy atom. The van der Waals surface area contributed by atoms with Crippen molar-refractivity contribution in [2.45, 2.75) is 0 Å². The molecule has 0 saturated heterocycles. The number of nitrogens with zero attached hydrogens (tertiary/aromatic N) is 1. The minimum atomic E-state index is 0.853. The topological polar surface area (TPSA) is 3.24 Å². The van der Waals surface area contributed by atoms with Gasteiger partial charge in [0.05, 0.1) is 0 Å². The Labute approximate surface area is 122 Å². The first-order chi connectivity index (χ1) is 9.56. The number of hydrogen-bond donors (Lipinski definition) is 0. The minimum absolute atomic E-state index is 0.853. The molecule has 0 aromatic heterocycles. The molecular formula is C19H21N. The van der Waals surface area contributed by atoms with Crippen LogP contribution >= 0.6 is 0 Å². The molecule has 20 heavy (non-hydrogen) atoms. The van der Waals surface area contributed by atoms with Crippen molar-refractivity contribution in [3.63, 3.8) is 0 Å². The predicted octanol–water partition coefficient (Wildman–Crippen LogP) is 5.05. The molecule has 0 bridgehead atoms. The summed E-state index contributed by atoms with van der Waals surface area (Å²) in [6, 6.07) is 10.1. The van der Waals surface area contributed by atoms with Gasteiger partial charge >= 0.3 is 0 Å². The fourth-order valence-electron chi connectivity index (χ4n) is 1.52. The molecule has 1 rings (SSSR count). The third-order valence-corrected chi connectivity index (χ3v) is 2.90. The molecule has 0 spiro atoms. The van der Waals surface area contributed by atoms with Crippen molar-refractivity contribution in [1.29, 1.82) is 0 Å². The molecule has 1 heteroatoms. The standard InChI is InChI=1S/C19H21N/c1-6-7-11-16(2)17(3)14-15-18(4)20(5)19-12-9-8-10-13-19/h6-15H,1-4H2,5H3/b11-7-,15-14-. The summed E-state index contributed by atoms with van der Waals surface area (Å²) in [7, 11) is 1.98. The highest BCUT2D eigenvalue weighted by Gasteiger charge is 2.01. The van der Waals surface area contributed by atoms with Gasteiger partial charge in [-0.05, 0) is 29.4 Å². The lowest BCUT2D eigenvalue weighted by Gasteiger charge is -2.19. The Hall–Kier alpha value is -2.54. The lowest BCUT2D eigenvalue weighted by Crippen LogP contribution is -2.13. The summed E-state index contributed by atoms with van der Waals surface area (Å²) in [6.07, 6.45) is 9.28. The fraction of sp³-hybridized carbons (Fsp3) is 0.0526. The summed E-state index contributed by atoms with van der Waals surface area (Å²) in [5.74, 6) is 0. The molecule has 0 atom stereocenters. The Balaban J connectivity index is 2.68. The fourth-order valence-corrected chi connectivity index (χ4v) is 1.52. The highest BCUT2D eigenvalue weighted by atomic mass is 15.1. The zero-order valence-corrected chi connectivity index (χ0v) is 12.0. The molecule has 1 nitrogen and oxygen atoms in total. The van der Waals surface area contributed by atoms with Gasteiger partial charge in [-0.3, -0.25) is 0 Å². The van der Waals surface area contributed by atoms with Crippen LogP contribution in [0.15, 0.2) is 104 Å². The van der Waals surface area contributed by atoms with Crippen molar-refractivity contribution >= 4 is 5.69 Å². The summed E-state index contributed by atoms with van der Waals surface area (Å²) in [4.78, 5) is 2.02. The third-order valence-electron chi connectivity index (χ3n) is 2.90. The largest absolute Gasteiger partial charge is 0.345 e. The second-order valence-corrected chi connectivity index (χ2v) is 4.36. The molecule has 1 aromatic carbocycles. The molecule has 0 aliphatic carbocycles. The van der Waals surface area contributed by atoms with E-state index in [1.165, 1.54) is 0 Å². The monoisotopic (exact) mass is 263 g/mol. The van der Waals surface area contributed by atoms with E-state index in [0.717, 1.165) is 22.5 Å². The SMILES string of the molecule is C=C/C=C\C(=C)C(=C)/C=C\C(=C)N(C)c1ccccc1. The van der Waals surface area contributed by atoms with Crippen LogP contribution in [0.1, 0.15) is 0 Å². The molecule has 0 fully saturated rings. The van der Waals surface area contributed by atoms with E-state index in [1.54, 1.807) is 6.08 Å². The summed E-state index contributed by atoms with van der Waals surface area (Å²) in [6.45, 7) is 15.6. The number of hydrogen-bond acceptors (Lipinski definition) is 1. The van der Waals surface area contributed by atoms with Crippen LogP contribution in [0.4, 0.5) is 5.69 Å². The summed E-state index contributed by atoms with van der Waals surface area (Å²) < 4.78 is 0. The van der Waals surface area contributed by atoms with Crippen LogP contribution in [0.3, 0.4) is 0 Å². The maximum atomic E-state index is 4.06. The molecule has 0 heterocycles. The second kappa shape index (κ2) is 7.80. The molecule has 102 valence electrons. The van der Waals surface area contributed by atoms with Gasteiger partial charge in [0.2, 0.25) is 0 Å². The van der Waals surface area contributed by atoms with Crippen LogP contribution in [-0.4, -0.2) is 7.05 Å². The van der Waals surface area contributed by atoms with Crippen LogP contribution in [0.5, 0.6) is 0 Å². The second-order valence-electron chi connectivity index (χ2n) is 4.36. The molecule has 0 N–H and O–H groups in total. The summed E-state index contributed by atoms with van der Waals surface area (Å²) >= 11 is 0. The molecular weight excluding hydrogens is 242 g/mol. The van der Waals surface area contributed by atoms with E-state index < -0.39 is 0 Å². The number of benzene rings is 1. The Morgan fingerprint density at radius 3 is 2.15 bits per heavy atom. The van der Waals surface area contributed by atoms with Crippen LogP contribution in [0.25, 0.3) is 0 Å². The Bertz CT molecular complexity index is 559. The van der Waals surface area contributed by atoms with E-state index in [1.807, 2.05) is 66.6 Å². The first-order valence-electron chi connectivity index (χ1n) is 6.39. The summed E-state index contributed by atoms with van der Waals surface area (Å²) in [5.41, 5.74) is 3.69. The van der Waals surface area contributed by atoms with E-state index in [-0.39, 0.29) is 0 Å². The minimum Gasteiger partial charge on any atom is -0.345 e. The van der Waals surface area contributed by atoms with Crippen LogP contribution < -0.4 is 4.90 Å². The number of rotatable bonds is 7. The van der Waals surface area contributed by atoms with Crippen LogP contribution in [0, 0.1) is 0 Å². The van der Waals surface area contributed by atoms with Crippen molar-refractivity contribution < 1.29 is 0 Å². The average molecular weight is 263 g/mol. The van der Waals surface area contributed by atoms with Crippen molar-refractivity contribution in [2.75, 3.05) is 11.9 Å². The summed E-state index contributed by atoms with van der Waals surface area (Å²) in [5, 5.41) is 0. The number of anilines is 1. The highest BCUT2D eigenvalue weighted by Crippen LogP contribution is 2.17. The van der Waals surface area contributed by atoms with Crippen LogP contribution in [0.2, 0.25) is 0 Å². The number of likely N-dealkylation sites (N-methyl/N-ethyl adjacent to an activating group) is 1. The van der Waals surface area contributed by atoms with E-state index in [4.69, 9.17) is 0 Å². The lowest BCUT2D eigenvalue weighted by molar-refractivity contribution is 1.14. The van der Waals surface area contributed by atoms with Gasteiger partial charge in [0.15, 0.2) is 0 Å². The molecule has 0 saturated carbocycles. The number of para-hydroxylation sites is 1. The first kappa shape index (κ1) is 15.5. The van der Waals surface area contributed by atoms with Gasteiger partial charge in [0.25, 0.3) is 0 Å². The van der Waals surface area contributed by atoms with Crippen LogP contribution in [-0.2, 0) is 0 Å². The predicted molar refractivity (Wildman–Crippen MR) is 90.7 cm³/mol. The van der Waals surface area contributed by atoms with Gasteiger partial charge in [-0.1, -0.05) is 68.8 Å². The molecule has 0 unspecified atom stereocenters. The third kappa shape index (κ3) is 4.62. The van der Waals surface area contributed by atoms with Gasteiger partial charge in [0.1, 0.15) is 0 Å². The molecule has 0 aliphatic heterocycles. The smallest absolute Gasteiger partial charge is 0.0407 e. The van der Waals surface area contributed by atoms with Crippen molar-refractivity contribution in [2.24, 2.45) is 0 Å². The van der Waals surface area contributed by atoms with E-state index in [2.05, 4.69) is 26.3 Å². The highest BCUT2D eigenvalue weighted by molar-refractivity contribution is 5.54. The van der Waals surface area contributed by atoms with E-state index >= 15 is 0 Å². The normalized spacial score (nSPS) is 10.7. The quantitative estimate of drug-likeness (QED) is 0.622. The zero-order valence-electron chi connectivity index (χ0n) is 12.0. The molecule has 0 radical (unpaired) electrons. The van der Waals surface area contributed by atoms with Gasteiger partial charge < -0.3 is 4.90 Å². The Morgan fingerprint density at radius 2 is 1.55 bits per heavy atom. The number of allylic oxidation sites excluding steroid dienone is 7. The maximum Gasteiger partial charge on any atom is 0.0407 e. The van der Waals surface area contributed by atoms with Gasteiger partial charge in [-0.25, -0.2) is 0 Å². The zero-order chi connectivity index (χ0) is 15.0. The van der Waals surface area contributed by atoms with E-state index in [9.17, 15) is 0 Å². The van der Waals surface area contributed by atoms with Gasteiger partial charge in [-0.15, -0.1) is 0 Å². The van der Waals surface area contributed by atoms with Crippen molar-refractivity contribution in [3.05, 3.63) is 104 Å².